The van der Waals surface area contributed by atoms with Crippen LogP contribution >= 0.6 is 11.3 Å². The van der Waals surface area contributed by atoms with Crippen LogP contribution in [0.2, 0.25) is 0 Å². The molecule has 7 nitrogen and oxygen atoms in total. The van der Waals surface area contributed by atoms with E-state index in [2.05, 4.69) is 20.1 Å². The Morgan fingerprint density at radius 3 is 2.52 bits per heavy atom. The van der Waals surface area contributed by atoms with Gasteiger partial charge in [0.25, 0.3) is 0 Å². The van der Waals surface area contributed by atoms with Crippen LogP contribution in [0, 0.1) is 0 Å². The fraction of sp³-hybridized carbons (Fsp3) is 0.421. The number of carbonyl (C=O) groups excluding carboxylic acids is 2. The molecule has 1 N–H and O–H groups in total. The average Bonchev–Trinajstić information content (AvgIpc) is 3.35. The number of anilines is 3. The molecular formula is C19H23N5O2S. The molecule has 0 saturated carbocycles. The van der Waals surface area contributed by atoms with Gasteiger partial charge >= 0.3 is 0 Å². The van der Waals surface area contributed by atoms with Crippen molar-refractivity contribution in [3.8, 4) is 0 Å². The molecule has 0 aliphatic carbocycles. The predicted octanol–water partition coefficient (Wildman–Crippen LogP) is 2.03. The summed E-state index contributed by atoms with van der Waals surface area (Å²) in [5, 5.41) is 5.99. The molecule has 8 heteroatoms. The highest BCUT2D eigenvalue weighted by atomic mass is 32.1. The van der Waals surface area contributed by atoms with Crippen LogP contribution in [0.25, 0.3) is 0 Å². The first-order valence-electron chi connectivity index (χ1n) is 9.26. The Bertz CT molecular complexity index is 785. The van der Waals surface area contributed by atoms with E-state index in [9.17, 15) is 9.59 Å². The van der Waals surface area contributed by atoms with E-state index >= 15 is 0 Å². The van der Waals surface area contributed by atoms with Gasteiger partial charge in [0, 0.05) is 62.1 Å². The van der Waals surface area contributed by atoms with Gasteiger partial charge in [0.1, 0.15) is 0 Å². The molecule has 1 aromatic heterocycles. The number of rotatable bonds is 5. The molecule has 0 atom stereocenters. The molecule has 0 spiro atoms. The number of hydrogen-bond acceptors (Lipinski definition) is 6. The summed E-state index contributed by atoms with van der Waals surface area (Å²) in [7, 11) is 0. The van der Waals surface area contributed by atoms with Crippen molar-refractivity contribution >= 4 is 39.7 Å². The van der Waals surface area contributed by atoms with Crippen molar-refractivity contribution in [2.24, 2.45) is 0 Å². The van der Waals surface area contributed by atoms with Gasteiger partial charge in [-0.15, -0.1) is 11.3 Å². The SMILES string of the molecule is O=C(CN1CCN(c2nccs2)CC1)Nc1ccc(N2CCCC2=O)cc1. The largest absolute Gasteiger partial charge is 0.346 e. The number of aromatic nitrogens is 1. The van der Waals surface area contributed by atoms with Crippen molar-refractivity contribution in [3.05, 3.63) is 35.8 Å². The first kappa shape index (κ1) is 17.9. The summed E-state index contributed by atoms with van der Waals surface area (Å²) < 4.78 is 0. The molecule has 2 aromatic rings. The van der Waals surface area contributed by atoms with Crippen LogP contribution in [0.3, 0.4) is 0 Å². The van der Waals surface area contributed by atoms with Gasteiger partial charge in [-0.2, -0.15) is 0 Å². The minimum Gasteiger partial charge on any atom is -0.346 e. The van der Waals surface area contributed by atoms with E-state index in [0.717, 1.165) is 55.7 Å². The van der Waals surface area contributed by atoms with Crippen molar-refractivity contribution in [2.75, 3.05) is 54.4 Å². The van der Waals surface area contributed by atoms with Gasteiger partial charge in [-0.25, -0.2) is 4.98 Å². The number of nitrogens with one attached hydrogen (secondary N) is 1. The monoisotopic (exact) mass is 385 g/mol. The predicted molar refractivity (Wildman–Crippen MR) is 107 cm³/mol. The van der Waals surface area contributed by atoms with Crippen molar-refractivity contribution in [1.82, 2.24) is 9.88 Å². The van der Waals surface area contributed by atoms with Crippen molar-refractivity contribution < 1.29 is 9.59 Å². The summed E-state index contributed by atoms with van der Waals surface area (Å²) in [6.07, 6.45) is 3.35. The highest BCUT2D eigenvalue weighted by Crippen LogP contribution is 2.23. The minimum absolute atomic E-state index is 0.0114. The molecule has 0 bridgehead atoms. The Morgan fingerprint density at radius 2 is 1.89 bits per heavy atom. The number of benzene rings is 1. The Kier molecular flexibility index (Phi) is 5.35. The van der Waals surface area contributed by atoms with E-state index in [1.54, 1.807) is 16.2 Å². The first-order chi connectivity index (χ1) is 13.2. The van der Waals surface area contributed by atoms with Crippen LogP contribution in [-0.2, 0) is 9.59 Å². The maximum absolute atomic E-state index is 12.3. The quantitative estimate of drug-likeness (QED) is 0.853. The Morgan fingerprint density at radius 1 is 1.11 bits per heavy atom. The number of thiazole rings is 1. The standard InChI is InChI=1S/C19H23N5O2S/c25-17(14-22-9-11-23(12-10-22)19-20-7-13-27-19)21-15-3-5-16(6-4-15)24-8-1-2-18(24)26/h3-7,13H,1-2,8-12,14H2,(H,21,25). The van der Waals surface area contributed by atoms with E-state index < -0.39 is 0 Å². The summed E-state index contributed by atoms with van der Waals surface area (Å²) in [5.74, 6) is 0.159. The summed E-state index contributed by atoms with van der Waals surface area (Å²) in [6.45, 7) is 4.64. The lowest BCUT2D eigenvalue weighted by Crippen LogP contribution is -2.48. The fourth-order valence-electron chi connectivity index (χ4n) is 3.52. The van der Waals surface area contributed by atoms with Crippen LogP contribution in [0.5, 0.6) is 0 Å². The van der Waals surface area contributed by atoms with Gasteiger partial charge in [-0.05, 0) is 30.7 Å². The van der Waals surface area contributed by atoms with Crippen LogP contribution in [0.15, 0.2) is 35.8 Å². The van der Waals surface area contributed by atoms with E-state index in [-0.39, 0.29) is 11.8 Å². The summed E-state index contributed by atoms with van der Waals surface area (Å²) >= 11 is 1.65. The minimum atomic E-state index is -0.0114. The molecule has 3 heterocycles. The summed E-state index contributed by atoms with van der Waals surface area (Å²) in [5.41, 5.74) is 1.66. The second-order valence-corrected chi connectivity index (χ2v) is 7.69. The maximum Gasteiger partial charge on any atom is 0.238 e. The molecule has 2 fully saturated rings. The van der Waals surface area contributed by atoms with Gasteiger partial charge in [0.15, 0.2) is 5.13 Å². The average molecular weight is 385 g/mol. The zero-order valence-corrected chi connectivity index (χ0v) is 16.0. The van der Waals surface area contributed by atoms with Crippen molar-refractivity contribution in [2.45, 2.75) is 12.8 Å². The van der Waals surface area contributed by atoms with Gasteiger partial charge in [-0.3, -0.25) is 14.5 Å². The molecular weight excluding hydrogens is 362 g/mol. The van der Waals surface area contributed by atoms with Crippen molar-refractivity contribution in [1.29, 1.82) is 0 Å². The zero-order valence-electron chi connectivity index (χ0n) is 15.1. The van der Waals surface area contributed by atoms with Crippen LogP contribution in [0.1, 0.15) is 12.8 Å². The Balaban J connectivity index is 1.25. The molecule has 2 amide bonds. The van der Waals surface area contributed by atoms with Crippen LogP contribution in [-0.4, -0.2) is 61.0 Å². The van der Waals surface area contributed by atoms with Crippen LogP contribution in [0.4, 0.5) is 16.5 Å². The normalized spacial score (nSPS) is 18.1. The Hall–Kier alpha value is -2.45. The lowest BCUT2D eigenvalue weighted by molar-refractivity contribution is -0.118. The third kappa shape index (κ3) is 4.28. The summed E-state index contributed by atoms with van der Waals surface area (Å²) in [4.78, 5) is 34.7. The lowest BCUT2D eigenvalue weighted by atomic mass is 10.2. The van der Waals surface area contributed by atoms with E-state index in [1.165, 1.54) is 0 Å². The highest BCUT2D eigenvalue weighted by molar-refractivity contribution is 7.13. The number of piperazine rings is 1. The summed E-state index contributed by atoms with van der Waals surface area (Å²) in [6, 6.07) is 7.51. The zero-order chi connectivity index (χ0) is 18.6. The third-order valence-corrected chi connectivity index (χ3v) is 5.80. The smallest absolute Gasteiger partial charge is 0.238 e. The highest BCUT2D eigenvalue weighted by Gasteiger charge is 2.22. The number of nitrogens with zero attached hydrogens (tertiary/aromatic N) is 4. The van der Waals surface area contributed by atoms with Gasteiger partial charge < -0.3 is 15.1 Å². The maximum atomic E-state index is 12.3. The van der Waals surface area contributed by atoms with Gasteiger partial charge in [0.2, 0.25) is 11.8 Å². The third-order valence-electron chi connectivity index (χ3n) is 4.97. The molecule has 142 valence electrons. The van der Waals surface area contributed by atoms with Crippen LogP contribution < -0.4 is 15.1 Å². The Labute approximate surface area is 162 Å². The number of hydrogen-bond donors (Lipinski definition) is 1. The molecule has 4 rings (SSSR count). The second kappa shape index (κ2) is 8.06. The molecule has 0 unspecified atom stereocenters. The molecule has 0 radical (unpaired) electrons. The van der Waals surface area contributed by atoms with Gasteiger partial charge in [0.05, 0.1) is 6.54 Å². The molecule has 2 aliphatic rings. The van der Waals surface area contributed by atoms with Crippen molar-refractivity contribution in [3.63, 3.8) is 0 Å². The fourth-order valence-corrected chi connectivity index (χ4v) is 4.22. The molecule has 2 aliphatic heterocycles. The number of amides is 2. The first-order valence-corrected chi connectivity index (χ1v) is 10.1. The number of carbonyl (C=O) groups is 2. The second-order valence-electron chi connectivity index (χ2n) is 6.82. The molecule has 27 heavy (non-hydrogen) atoms. The lowest BCUT2D eigenvalue weighted by Gasteiger charge is -2.34. The van der Waals surface area contributed by atoms with Gasteiger partial charge in [-0.1, -0.05) is 0 Å². The molecule has 1 aromatic carbocycles. The molecule has 2 saturated heterocycles. The van der Waals surface area contributed by atoms with E-state index in [4.69, 9.17) is 0 Å². The van der Waals surface area contributed by atoms with E-state index in [0.29, 0.717) is 13.0 Å². The van der Waals surface area contributed by atoms with E-state index in [1.807, 2.05) is 35.8 Å². The topological polar surface area (TPSA) is 68.8 Å².